The minimum Gasteiger partial charge on any atom is -0.508 e. The largest absolute Gasteiger partial charge is 0.508 e. The van der Waals surface area contributed by atoms with E-state index in [2.05, 4.69) is 4.90 Å². The fourth-order valence-electron chi connectivity index (χ4n) is 3.95. The third-order valence-electron chi connectivity index (χ3n) is 5.33. The van der Waals surface area contributed by atoms with Crippen LogP contribution in [0, 0.1) is 5.92 Å². The van der Waals surface area contributed by atoms with Crippen molar-refractivity contribution in [2.75, 3.05) is 6.61 Å². The van der Waals surface area contributed by atoms with Crippen LogP contribution in [0.25, 0.3) is 0 Å². The third-order valence-corrected chi connectivity index (χ3v) is 5.33. The second-order valence-electron chi connectivity index (χ2n) is 7.02. The minimum atomic E-state index is 0.259. The Bertz CT molecular complexity index is 677. The molecule has 126 valence electrons. The van der Waals surface area contributed by atoms with Crippen LogP contribution in [0.3, 0.4) is 0 Å². The summed E-state index contributed by atoms with van der Waals surface area (Å²) >= 11 is 0. The summed E-state index contributed by atoms with van der Waals surface area (Å²) < 4.78 is 5.96. The van der Waals surface area contributed by atoms with Crippen LogP contribution in [0.2, 0.25) is 0 Å². The highest BCUT2D eigenvalue weighted by Gasteiger charge is 2.43. The van der Waals surface area contributed by atoms with Gasteiger partial charge in [-0.3, -0.25) is 4.90 Å². The predicted octanol–water partition coefficient (Wildman–Crippen LogP) is 3.53. The number of hydrogen-bond acceptors (Lipinski definition) is 4. The number of rotatable bonds is 5. The molecule has 2 saturated heterocycles. The SMILES string of the molecule is Oc1ccc(CN2C(COc3ccc(O)cc3)CC3CC2C3)cc1. The molecule has 5 rings (SSSR count). The number of ether oxygens (including phenoxy) is 1. The Balaban J connectivity index is 1.42. The van der Waals surface area contributed by atoms with Crippen molar-refractivity contribution < 1.29 is 14.9 Å². The molecule has 0 spiro atoms. The van der Waals surface area contributed by atoms with Gasteiger partial charge in [0.25, 0.3) is 0 Å². The van der Waals surface area contributed by atoms with Gasteiger partial charge in [0.05, 0.1) is 0 Å². The van der Waals surface area contributed by atoms with Gasteiger partial charge in [-0.25, -0.2) is 0 Å². The van der Waals surface area contributed by atoms with Crippen LogP contribution in [0.15, 0.2) is 48.5 Å². The number of nitrogens with zero attached hydrogens (tertiary/aromatic N) is 1. The second-order valence-corrected chi connectivity index (χ2v) is 7.02. The molecule has 1 aliphatic carbocycles. The van der Waals surface area contributed by atoms with Crippen LogP contribution in [0.1, 0.15) is 24.8 Å². The smallest absolute Gasteiger partial charge is 0.119 e. The average Bonchev–Trinajstić information content (AvgIpc) is 2.56. The first-order valence-corrected chi connectivity index (χ1v) is 8.63. The van der Waals surface area contributed by atoms with E-state index in [-0.39, 0.29) is 5.75 Å². The number of phenols is 2. The van der Waals surface area contributed by atoms with Crippen LogP contribution < -0.4 is 4.74 Å². The molecule has 4 heteroatoms. The Morgan fingerprint density at radius 2 is 1.50 bits per heavy atom. The van der Waals surface area contributed by atoms with Crippen molar-refractivity contribution in [1.82, 2.24) is 4.90 Å². The molecule has 2 heterocycles. The van der Waals surface area contributed by atoms with Gasteiger partial charge in [-0.1, -0.05) is 12.1 Å². The average molecular weight is 325 g/mol. The summed E-state index contributed by atoms with van der Waals surface area (Å²) in [6.45, 7) is 1.58. The lowest BCUT2D eigenvalue weighted by molar-refractivity contribution is -0.0526. The summed E-state index contributed by atoms with van der Waals surface area (Å²) in [5.74, 6) is 2.22. The predicted molar refractivity (Wildman–Crippen MR) is 92.2 cm³/mol. The van der Waals surface area contributed by atoms with Gasteiger partial charge in [-0.15, -0.1) is 0 Å². The van der Waals surface area contributed by atoms with E-state index in [0.717, 1.165) is 18.2 Å². The van der Waals surface area contributed by atoms with Crippen molar-refractivity contribution in [3.63, 3.8) is 0 Å². The Morgan fingerprint density at radius 1 is 0.875 bits per heavy atom. The minimum absolute atomic E-state index is 0.259. The molecule has 2 aliphatic heterocycles. The first kappa shape index (κ1) is 15.3. The van der Waals surface area contributed by atoms with E-state index in [9.17, 15) is 10.2 Å². The van der Waals surface area contributed by atoms with Gasteiger partial charge in [-0.05, 0) is 67.1 Å². The maximum Gasteiger partial charge on any atom is 0.119 e. The molecule has 2 aromatic carbocycles. The van der Waals surface area contributed by atoms with Gasteiger partial charge in [0.15, 0.2) is 0 Å². The van der Waals surface area contributed by atoms with Crippen LogP contribution in [0.4, 0.5) is 0 Å². The Kier molecular flexibility index (Phi) is 4.07. The summed E-state index contributed by atoms with van der Waals surface area (Å²) in [5, 5.41) is 18.8. The second kappa shape index (κ2) is 6.36. The van der Waals surface area contributed by atoms with E-state index in [1.165, 1.54) is 24.8 Å². The van der Waals surface area contributed by atoms with E-state index < -0.39 is 0 Å². The Morgan fingerprint density at radius 3 is 2.17 bits per heavy atom. The zero-order valence-corrected chi connectivity index (χ0v) is 13.6. The first-order chi connectivity index (χ1) is 11.7. The molecule has 0 radical (unpaired) electrons. The summed E-state index contributed by atoms with van der Waals surface area (Å²) in [5.41, 5.74) is 1.23. The molecule has 2 N–H and O–H groups in total. The lowest BCUT2D eigenvalue weighted by Crippen LogP contribution is -2.57. The number of aromatic hydroxyl groups is 2. The van der Waals surface area contributed by atoms with Crippen molar-refractivity contribution >= 4 is 0 Å². The first-order valence-electron chi connectivity index (χ1n) is 8.63. The Labute approximate surface area is 142 Å². The topological polar surface area (TPSA) is 52.9 Å². The van der Waals surface area contributed by atoms with E-state index in [1.54, 1.807) is 24.3 Å². The number of piperidine rings is 2. The van der Waals surface area contributed by atoms with Gasteiger partial charge in [-0.2, -0.15) is 0 Å². The van der Waals surface area contributed by atoms with Crippen LogP contribution in [-0.4, -0.2) is 33.8 Å². The maximum absolute atomic E-state index is 9.45. The number of benzene rings is 2. The van der Waals surface area contributed by atoms with Crippen molar-refractivity contribution in [3.05, 3.63) is 54.1 Å². The highest BCUT2D eigenvalue weighted by molar-refractivity contribution is 5.30. The van der Waals surface area contributed by atoms with E-state index in [0.29, 0.717) is 24.4 Å². The zero-order chi connectivity index (χ0) is 16.5. The summed E-state index contributed by atoms with van der Waals surface area (Å²) in [6.07, 6.45) is 3.79. The lowest BCUT2D eigenvalue weighted by atomic mass is 9.70. The van der Waals surface area contributed by atoms with Crippen molar-refractivity contribution in [2.24, 2.45) is 5.92 Å². The summed E-state index contributed by atoms with van der Waals surface area (Å²) in [7, 11) is 0. The fraction of sp³-hybridized carbons (Fsp3) is 0.400. The van der Waals surface area contributed by atoms with Gasteiger partial charge >= 0.3 is 0 Å². The molecule has 4 nitrogen and oxygen atoms in total. The standard InChI is InChI=1S/C20H23NO3/c22-18-3-1-14(2-4-18)12-21-16-9-15(10-16)11-17(21)13-24-20-7-5-19(23)6-8-20/h1-8,15-17,22-23H,9-13H2. The van der Waals surface area contributed by atoms with E-state index in [1.807, 2.05) is 24.3 Å². The van der Waals surface area contributed by atoms with Crippen molar-refractivity contribution in [2.45, 2.75) is 37.9 Å². The van der Waals surface area contributed by atoms with Crippen LogP contribution >= 0.6 is 0 Å². The highest BCUT2D eigenvalue weighted by atomic mass is 16.5. The molecule has 2 bridgehead atoms. The Hall–Kier alpha value is -2.20. The molecule has 2 aromatic rings. The molecule has 1 saturated carbocycles. The van der Waals surface area contributed by atoms with Crippen molar-refractivity contribution in [1.29, 1.82) is 0 Å². The molecule has 1 unspecified atom stereocenters. The molecule has 0 amide bonds. The van der Waals surface area contributed by atoms with Gasteiger partial charge in [0, 0.05) is 18.6 Å². The fourth-order valence-corrected chi connectivity index (χ4v) is 3.95. The maximum atomic E-state index is 9.45. The summed E-state index contributed by atoms with van der Waals surface area (Å²) in [4.78, 5) is 2.56. The third kappa shape index (κ3) is 3.20. The molecular weight excluding hydrogens is 302 g/mol. The normalized spacial score (nSPS) is 25.9. The summed E-state index contributed by atoms with van der Waals surface area (Å²) in [6, 6.07) is 15.5. The van der Waals surface area contributed by atoms with Crippen LogP contribution in [-0.2, 0) is 6.54 Å². The highest BCUT2D eigenvalue weighted by Crippen LogP contribution is 2.43. The molecule has 24 heavy (non-hydrogen) atoms. The number of fused-ring (bicyclic) bond motifs is 2. The molecule has 3 aliphatic rings. The molecular formula is C20H23NO3. The van der Waals surface area contributed by atoms with Gasteiger partial charge in [0.1, 0.15) is 23.9 Å². The van der Waals surface area contributed by atoms with E-state index >= 15 is 0 Å². The quantitative estimate of drug-likeness (QED) is 0.883. The molecule has 3 fully saturated rings. The number of phenolic OH excluding ortho intramolecular Hbond substituents is 2. The van der Waals surface area contributed by atoms with E-state index in [4.69, 9.17) is 4.74 Å². The number of hydrogen-bond donors (Lipinski definition) is 2. The van der Waals surface area contributed by atoms with Gasteiger partial charge in [0.2, 0.25) is 0 Å². The lowest BCUT2D eigenvalue weighted by Gasteiger charge is -2.53. The van der Waals surface area contributed by atoms with Crippen molar-refractivity contribution in [3.8, 4) is 17.2 Å². The monoisotopic (exact) mass is 325 g/mol. The molecule has 0 aromatic heterocycles. The molecule has 1 atom stereocenters. The van der Waals surface area contributed by atoms with Crippen LogP contribution in [0.5, 0.6) is 17.2 Å². The van der Waals surface area contributed by atoms with Gasteiger partial charge < -0.3 is 14.9 Å². The zero-order valence-electron chi connectivity index (χ0n) is 13.6.